The number of carbonyl (C=O) groups excluding carboxylic acids is 2. The summed E-state index contributed by atoms with van der Waals surface area (Å²) in [5.41, 5.74) is 1.02. The predicted molar refractivity (Wildman–Crippen MR) is 98.6 cm³/mol. The molecule has 2 amide bonds. The van der Waals surface area contributed by atoms with Crippen LogP contribution in [0.2, 0.25) is 5.02 Å². The molecule has 1 aliphatic rings. The van der Waals surface area contributed by atoms with Gasteiger partial charge in [-0.1, -0.05) is 37.6 Å². The number of morpholine rings is 1. The van der Waals surface area contributed by atoms with Gasteiger partial charge in [0, 0.05) is 24.5 Å². The van der Waals surface area contributed by atoms with Crippen LogP contribution in [0.4, 0.5) is 0 Å². The Balaban J connectivity index is 1.91. The highest BCUT2D eigenvalue weighted by Crippen LogP contribution is 2.13. The number of benzene rings is 1. The summed E-state index contributed by atoms with van der Waals surface area (Å²) in [6.07, 6.45) is 1.58. The van der Waals surface area contributed by atoms with Gasteiger partial charge in [0.1, 0.15) is 6.04 Å². The number of amides is 2. The Hall–Kier alpha value is -1.59. The van der Waals surface area contributed by atoms with Crippen LogP contribution in [0.3, 0.4) is 0 Å². The molecule has 1 heterocycles. The normalized spacial score (nSPS) is 15.9. The quantitative estimate of drug-likeness (QED) is 0.807. The molecule has 0 aromatic heterocycles. The first kappa shape index (κ1) is 19.7. The van der Waals surface area contributed by atoms with Crippen molar-refractivity contribution in [2.24, 2.45) is 5.92 Å². The second kappa shape index (κ2) is 9.78. The molecule has 0 radical (unpaired) electrons. The Kier molecular flexibility index (Phi) is 7.72. The molecule has 1 aromatic carbocycles. The van der Waals surface area contributed by atoms with Crippen LogP contribution in [0.25, 0.3) is 0 Å². The van der Waals surface area contributed by atoms with E-state index in [2.05, 4.69) is 19.2 Å². The minimum absolute atomic E-state index is 0.00638. The lowest BCUT2D eigenvalue weighted by Gasteiger charge is -2.31. The molecule has 1 N–H and O–H groups in total. The van der Waals surface area contributed by atoms with Crippen molar-refractivity contribution in [3.8, 4) is 0 Å². The Morgan fingerprint density at radius 3 is 2.64 bits per heavy atom. The first-order valence-electron chi connectivity index (χ1n) is 8.86. The van der Waals surface area contributed by atoms with Gasteiger partial charge < -0.3 is 15.0 Å². The van der Waals surface area contributed by atoms with E-state index < -0.39 is 6.04 Å². The van der Waals surface area contributed by atoms with Crippen LogP contribution in [-0.2, 0) is 20.7 Å². The molecule has 0 aliphatic carbocycles. The Bertz CT molecular complexity index is 586. The lowest BCUT2D eigenvalue weighted by molar-refractivity contribution is -0.140. The zero-order chi connectivity index (χ0) is 18.2. The largest absolute Gasteiger partial charge is 0.378 e. The summed E-state index contributed by atoms with van der Waals surface area (Å²) in [5.74, 6) is 0.212. The number of ether oxygens (including phenoxy) is 1. The molecule has 2 rings (SSSR count). The number of carbonyl (C=O) groups is 2. The van der Waals surface area contributed by atoms with E-state index in [0.717, 1.165) is 5.56 Å². The summed E-state index contributed by atoms with van der Waals surface area (Å²) in [4.78, 5) is 26.9. The minimum atomic E-state index is -0.468. The number of rotatable bonds is 7. The molecule has 138 valence electrons. The molecule has 0 spiro atoms. The van der Waals surface area contributed by atoms with Crippen molar-refractivity contribution in [2.75, 3.05) is 26.3 Å². The maximum Gasteiger partial charge on any atom is 0.245 e. The van der Waals surface area contributed by atoms with Gasteiger partial charge >= 0.3 is 0 Å². The van der Waals surface area contributed by atoms with Gasteiger partial charge in [-0.2, -0.15) is 0 Å². The van der Waals surface area contributed by atoms with Gasteiger partial charge in [-0.05, 0) is 36.5 Å². The van der Waals surface area contributed by atoms with E-state index in [1.54, 1.807) is 4.90 Å². The Morgan fingerprint density at radius 1 is 1.28 bits per heavy atom. The smallest absolute Gasteiger partial charge is 0.245 e. The molecule has 5 nitrogen and oxygen atoms in total. The summed E-state index contributed by atoms with van der Waals surface area (Å²) in [6, 6.07) is 7.03. The van der Waals surface area contributed by atoms with Crippen LogP contribution in [-0.4, -0.2) is 49.1 Å². The van der Waals surface area contributed by atoms with E-state index in [9.17, 15) is 9.59 Å². The van der Waals surface area contributed by atoms with Crippen molar-refractivity contribution in [3.63, 3.8) is 0 Å². The fourth-order valence-electron chi connectivity index (χ4n) is 2.91. The third-order valence-corrected chi connectivity index (χ3v) is 4.43. The summed E-state index contributed by atoms with van der Waals surface area (Å²) in [5, 5.41) is 3.59. The fourth-order valence-corrected chi connectivity index (χ4v) is 3.13. The van der Waals surface area contributed by atoms with Gasteiger partial charge in [0.05, 0.1) is 13.2 Å². The molecule has 0 bridgehead atoms. The minimum Gasteiger partial charge on any atom is -0.378 e. The molecule has 1 aromatic rings. The molecule has 1 atom stereocenters. The predicted octanol–water partition coefficient (Wildman–Crippen LogP) is 2.66. The molecule has 1 saturated heterocycles. The van der Waals surface area contributed by atoms with E-state index in [1.807, 2.05) is 24.3 Å². The van der Waals surface area contributed by atoms with Crippen LogP contribution in [0.15, 0.2) is 24.3 Å². The Morgan fingerprint density at radius 2 is 2.00 bits per heavy atom. The number of hydrogen-bond acceptors (Lipinski definition) is 3. The van der Waals surface area contributed by atoms with Crippen LogP contribution < -0.4 is 5.32 Å². The standard InChI is InChI=1S/C19H27ClN2O3/c1-14(2)12-17(19(24)22-8-10-25-11-9-22)21-18(23)7-6-15-4-3-5-16(20)13-15/h3-5,13-14,17H,6-12H2,1-2H3,(H,21,23). The van der Waals surface area contributed by atoms with E-state index in [1.165, 1.54) is 0 Å². The number of aryl methyl sites for hydroxylation is 1. The van der Waals surface area contributed by atoms with Crippen molar-refractivity contribution < 1.29 is 14.3 Å². The van der Waals surface area contributed by atoms with Crippen molar-refractivity contribution in [1.82, 2.24) is 10.2 Å². The number of halogens is 1. The van der Waals surface area contributed by atoms with E-state index >= 15 is 0 Å². The van der Waals surface area contributed by atoms with E-state index in [-0.39, 0.29) is 11.8 Å². The zero-order valence-electron chi connectivity index (χ0n) is 15.0. The third kappa shape index (κ3) is 6.67. The van der Waals surface area contributed by atoms with Gasteiger partial charge in [-0.25, -0.2) is 0 Å². The lowest BCUT2D eigenvalue weighted by Crippen LogP contribution is -2.52. The van der Waals surface area contributed by atoms with Crippen LogP contribution in [0.5, 0.6) is 0 Å². The molecular formula is C19H27ClN2O3. The molecule has 1 unspecified atom stereocenters. The van der Waals surface area contributed by atoms with E-state index in [4.69, 9.17) is 16.3 Å². The first-order valence-corrected chi connectivity index (χ1v) is 9.24. The summed E-state index contributed by atoms with van der Waals surface area (Å²) >= 11 is 5.97. The maximum absolute atomic E-state index is 12.7. The Labute approximate surface area is 154 Å². The number of nitrogens with zero attached hydrogens (tertiary/aromatic N) is 1. The van der Waals surface area contributed by atoms with Gasteiger partial charge in [0.25, 0.3) is 0 Å². The van der Waals surface area contributed by atoms with Crippen LogP contribution >= 0.6 is 11.6 Å². The number of nitrogens with one attached hydrogen (secondary N) is 1. The van der Waals surface area contributed by atoms with Gasteiger partial charge in [0.15, 0.2) is 0 Å². The van der Waals surface area contributed by atoms with Crippen LogP contribution in [0.1, 0.15) is 32.3 Å². The second-order valence-corrected chi connectivity index (χ2v) is 7.25. The molecule has 6 heteroatoms. The van der Waals surface area contributed by atoms with Crippen molar-refractivity contribution >= 4 is 23.4 Å². The summed E-state index contributed by atoms with van der Waals surface area (Å²) in [6.45, 7) is 6.40. The molecular weight excluding hydrogens is 340 g/mol. The highest BCUT2D eigenvalue weighted by molar-refractivity contribution is 6.30. The highest BCUT2D eigenvalue weighted by Gasteiger charge is 2.27. The van der Waals surface area contributed by atoms with Crippen molar-refractivity contribution in [2.45, 2.75) is 39.2 Å². The van der Waals surface area contributed by atoms with Gasteiger partial charge in [0.2, 0.25) is 11.8 Å². The molecule has 1 fully saturated rings. The van der Waals surface area contributed by atoms with Crippen molar-refractivity contribution in [3.05, 3.63) is 34.9 Å². The molecule has 1 aliphatic heterocycles. The molecule has 25 heavy (non-hydrogen) atoms. The topological polar surface area (TPSA) is 58.6 Å². The fraction of sp³-hybridized carbons (Fsp3) is 0.579. The van der Waals surface area contributed by atoms with Crippen molar-refractivity contribution in [1.29, 1.82) is 0 Å². The summed E-state index contributed by atoms with van der Waals surface area (Å²) < 4.78 is 5.30. The van der Waals surface area contributed by atoms with Gasteiger partial charge in [-0.3, -0.25) is 9.59 Å². The van der Waals surface area contributed by atoms with Crippen LogP contribution in [0, 0.1) is 5.92 Å². The van der Waals surface area contributed by atoms with Gasteiger partial charge in [-0.15, -0.1) is 0 Å². The maximum atomic E-state index is 12.7. The van der Waals surface area contributed by atoms with E-state index in [0.29, 0.717) is 56.5 Å². The zero-order valence-corrected chi connectivity index (χ0v) is 15.7. The monoisotopic (exact) mass is 366 g/mol. The average molecular weight is 367 g/mol. The SMILES string of the molecule is CC(C)CC(NC(=O)CCc1cccc(Cl)c1)C(=O)N1CCOCC1. The average Bonchev–Trinajstić information content (AvgIpc) is 2.59. The lowest BCUT2D eigenvalue weighted by atomic mass is 10.0. The highest BCUT2D eigenvalue weighted by atomic mass is 35.5. The second-order valence-electron chi connectivity index (χ2n) is 6.82. The summed E-state index contributed by atoms with van der Waals surface area (Å²) in [7, 11) is 0. The third-order valence-electron chi connectivity index (χ3n) is 4.19. The number of hydrogen-bond donors (Lipinski definition) is 1. The molecule has 0 saturated carbocycles. The first-order chi connectivity index (χ1) is 12.0.